The first-order valence-electron chi connectivity index (χ1n) is 6.97. The zero-order valence-electron chi connectivity index (χ0n) is 13.2. The smallest absolute Gasteiger partial charge is 0.329 e. The molecule has 26 heavy (non-hydrogen) atoms. The number of benzene rings is 2. The van der Waals surface area contributed by atoms with Crippen LogP contribution < -0.4 is 15.5 Å². The van der Waals surface area contributed by atoms with Crippen molar-refractivity contribution in [3.8, 4) is 11.5 Å². The highest BCUT2D eigenvalue weighted by Gasteiger charge is 2.15. The number of amides is 2. The third-order valence-electron chi connectivity index (χ3n) is 3.04. The molecular weight excluding hydrogens is 405 g/mol. The molecule has 2 rings (SSSR count). The maximum absolute atomic E-state index is 11.8. The fourth-order valence-electron chi connectivity index (χ4n) is 1.81. The van der Waals surface area contributed by atoms with E-state index in [1.165, 1.54) is 43.7 Å². The topological polar surface area (TPSA) is 100 Å². The number of ether oxygens (including phenoxy) is 1. The first-order valence-corrected chi connectivity index (χ1v) is 8.11. The molecule has 0 spiro atoms. The highest BCUT2D eigenvalue weighted by Crippen LogP contribution is 2.34. The molecule has 0 saturated heterocycles. The van der Waals surface area contributed by atoms with E-state index in [9.17, 15) is 14.7 Å². The maximum atomic E-state index is 11.8. The van der Waals surface area contributed by atoms with Crippen LogP contribution in [0.2, 0.25) is 15.1 Å². The molecule has 0 fully saturated rings. The van der Waals surface area contributed by atoms with Gasteiger partial charge in [0.05, 0.1) is 29.1 Å². The first kappa shape index (κ1) is 19.8. The molecule has 7 nitrogen and oxygen atoms in total. The van der Waals surface area contributed by atoms with Crippen LogP contribution in [0.3, 0.4) is 0 Å². The van der Waals surface area contributed by atoms with E-state index < -0.39 is 11.8 Å². The monoisotopic (exact) mass is 415 g/mol. The van der Waals surface area contributed by atoms with Gasteiger partial charge >= 0.3 is 11.8 Å². The number of rotatable bonds is 4. The third kappa shape index (κ3) is 5.01. The van der Waals surface area contributed by atoms with Crippen LogP contribution in [0, 0.1) is 0 Å². The van der Waals surface area contributed by atoms with Crippen molar-refractivity contribution in [1.82, 2.24) is 5.43 Å². The van der Waals surface area contributed by atoms with Gasteiger partial charge in [-0.3, -0.25) is 9.59 Å². The number of hydrogen-bond acceptors (Lipinski definition) is 5. The number of halogens is 3. The second-order valence-corrected chi connectivity index (χ2v) is 6.08. The molecule has 0 aliphatic carbocycles. The molecule has 2 amide bonds. The molecule has 0 heterocycles. The number of hydrogen-bond donors (Lipinski definition) is 3. The molecule has 3 N–H and O–H groups in total. The number of methoxy groups -OCH3 is 1. The summed E-state index contributed by atoms with van der Waals surface area (Å²) in [5, 5.41) is 16.3. The summed E-state index contributed by atoms with van der Waals surface area (Å²) in [6.07, 6.45) is 1.23. The van der Waals surface area contributed by atoms with Crippen molar-refractivity contribution in [2.45, 2.75) is 0 Å². The molecule has 136 valence electrons. The Kier molecular flexibility index (Phi) is 6.68. The summed E-state index contributed by atoms with van der Waals surface area (Å²) in [4.78, 5) is 23.6. The molecule has 0 unspecified atom stereocenters. The Morgan fingerprint density at radius 3 is 2.50 bits per heavy atom. The Morgan fingerprint density at radius 1 is 1.12 bits per heavy atom. The van der Waals surface area contributed by atoms with Crippen molar-refractivity contribution < 1.29 is 19.4 Å². The number of carbonyl (C=O) groups is 2. The van der Waals surface area contributed by atoms with Crippen LogP contribution in [0.15, 0.2) is 35.4 Å². The Hall–Kier alpha value is -2.48. The van der Waals surface area contributed by atoms with Crippen molar-refractivity contribution in [3.05, 3.63) is 51.0 Å². The average Bonchev–Trinajstić information content (AvgIpc) is 2.60. The van der Waals surface area contributed by atoms with Gasteiger partial charge in [0.15, 0.2) is 11.5 Å². The number of nitrogens with one attached hydrogen (secondary N) is 2. The van der Waals surface area contributed by atoms with Crippen LogP contribution in [0.1, 0.15) is 5.56 Å². The van der Waals surface area contributed by atoms with Crippen LogP contribution >= 0.6 is 34.8 Å². The lowest BCUT2D eigenvalue weighted by Gasteiger charge is -2.07. The van der Waals surface area contributed by atoms with E-state index in [0.717, 1.165) is 0 Å². The highest BCUT2D eigenvalue weighted by molar-refractivity contribution is 6.42. The van der Waals surface area contributed by atoms with Gasteiger partial charge in [0, 0.05) is 5.02 Å². The molecule has 0 aromatic heterocycles. The van der Waals surface area contributed by atoms with E-state index >= 15 is 0 Å². The molecule has 2 aromatic rings. The van der Waals surface area contributed by atoms with Gasteiger partial charge in [-0.05, 0) is 35.9 Å². The number of aromatic hydroxyl groups is 1. The second-order valence-electron chi connectivity index (χ2n) is 4.83. The number of anilines is 1. The molecule has 0 aliphatic heterocycles. The minimum atomic E-state index is -1.01. The van der Waals surface area contributed by atoms with Gasteiger partial charge in [-0.1, -0.05) is 34.8 Å². The number of carbonyl (C=O) groups excluding carboxylic acids is 2. The fraction of sp³-hybridized carbons (Fsp3) is 0.0625. The van der Waals surface area contributed by atoms with Gasteiger partial charge in [-0.15, -0.1) is 0 Å². The molecule has 10 heteroatoms. The minimum absolute atomic E-state index is 0.0484. The van der Waals surface area contributed by atoms with Crippen LogP contribution in [0.25, 0.3) is 0 Å². The first-order chi connectivity index (χ1) is 12.3. The van der Waals surface area contributed by atoms with Crippen LogP contribution in [-0.4, -0.2) is 30.2 Å². The zero-order chi connectivity index (χ0) is 19.3. The van der Waals surface area contributed by atoms with Gasteiger partial charge in [0.1, 0.15) is 0 Å². The average molecular weight is 417 g/mol. The summed E-state index contributed by atoms with van der Waals surface area (Å²) in [7, 11) is 1.36. The molecule has 0 aliphatic rings. The van der Waals surface area contributed by atoms with Crippen molar-refractivity contribution >= 4 is 58.5 Å². The molecule has 0 atom stereocenters. The van der Waals surface area contributed by atoms with Gasteiger partial charge in [-0.25, -0.2) is 5.43 Å². The lowest BCUT2D eigenvalue weighted by Crippen LogP contribution is -2.32. The summed E-state index contributed by atoms with van der Waals surface area (Å²) < 4.78 is 4.95. The second kappa shape index (κ2) is 8.75. The van der Waals surface area contributed by atoms with Crippen LogP contribution in [0.4, 0.5) is 5.69 Å². The van der Waals surface area contributed by atoms with E-state index in [1.54, 1.807) is 0 Å². The standard InChI is InChI=1S/C16H12Cl3N3O4/c1-26-13-5-8(4-11(19)14(13)23)7-20-22-16(25)15(24)21-12-3-2-9(17)6-10(12)18/h2-7,23H,1H3,(H,21,24)(H,22,25)/b20-7+. The maximum Gasteiger partial charge on any atom is 0.329 e. The van der Waals surface area contributed by atoms with E-state index in [2.05, 4.69) is 15.8 Å². The Labute approximate surface area is 163 Å². The minimum Gasteiger partial charge on any atom is -0.503 e. The van der Waals surface area contributed by atoms with Gasteiger partial charge in [-0.2, -0.15) is 5.10 Å². The molecule has 0 bridgehead atoms. The van der Waals surface area contributed by atoms with E-state index in [4.69, 9.17) is 39.5 Å². The van der Waals surface area contributed by atoms with E-state index in [0.29, 0.717) is 10.6 Å². The summed E-state index contributed by atoms with van der Waals surface area (Å²) in [5.41, 5.74) is 2.72. The normalized spacial score (nSPS) is 10.6. The molecule has 0 radical (unpaired) electrons. The number of phenolic OH excluding ortho intramolecular Hbond substituents is 1. The summed E-state index contributed by atoms with van der Waals surface area (Å²) in [6, 6.07) is 7.26. The van der Waals surface area contributed by atoms with Crippen molar-refractivity contribution in [3.63, 3.8) is 0 Å². The SMILES string of the molecule is COc1cc(/C=N/NC(=O)C(=O)Nc2ccc(Cl)cc2Cl)cc(Cl)c1O. The number of nitrogens with zero attached hydrogens (tertiary/aromatic N) is 1. The summed E-state index contributed by atoms with van der Waals surface area (Å²) in [5.74, 6) is -2.05. The summed E-state index contributed by atoms with van der Waals surface area (Å²) >= 11 is 17.5. The molecule has 2 aromatic carbocycles. The van der Waals surface area contributed by atoms with Crippen molar-refractivity contribution in [1.29, 1.82) is 0 Å². The Bertz CT molecular complexity index is 887. The fourth-order valence-corrected chi connectivity index (χ4v) is 2.48. The third-order valence-corrected chi connectivity index (χ3v) is 3.87. The quantitative estimate of drug-likeness (QED) is 0.404. The Balaban J connectivity index is 2.00. The predicted octanol–water partition coefficient (Wildman–Crippen LogP) is 3.45. The van der Waals surface area contributed by atoms with E-state index in [1.807, 2.05) is 0 Å². The van der Waals surface area contributed by atoms with Crippen molar-refractivity contribution in [2.75, 3.05) is 12.4 Å². The number of hydrazone groups is 1. The van der Waals surface area contributed by atoms with Gasteiger partial charge in [0.25, 0.3) is 0 Å². The van der Waals surface area contributed by atoms with Crippen LogP contribution in [0.5, 0.6) is 11.5 Å². The number of phenols is 1. The Morgan fingerprint density at radius 2 is 1.85 bits per heavy atom. The van der Waals surface area contributed by atoms with E-state index in [-0.39, 0.29) is 27.2 Å². The van der Waals surface area contributed by atoms with Gasteiger partial charge in [0.2, 0.25) is 0 Å². The zero-order valence-corrected chi connectivity index (χ0v) is 15.5. The predicted molar refractivity (Wildman–Crippen MR) is 100 cm³/mol. The van der Waals surface area contributed by atoms with Gasteiger partial charge < -0.3 is 15.2 Å². The van der Waals surface area contributed by atoms with Crippen LogP contribution in [-0.2, 0) is 9.59 Å². The lowest BCUT2D eigenvalue weighted by molar-refractivity contribution is -0.136. The summed E-state index contributed by atoms with van der Waals surface area (Å²) in [6.45, 7) is 0. The largest absolute Gasteiger partial charge is 0.503 e. The lowest BCUT2D eigenvalue weighted by atomic mass is 10.2. The van der Waals surface area contributed by atoms with Crippen molar-refractivity contribution in [2.24, 2.45) is 5.10 Å². The molecule has 0 saturated carbocycles. The highest BCUT2D eigenvalue weighted by atomic mass is 35.5. The molecular formula is C16H12Cl3N3O4.